The van der Waals surface area contributed by atoms with Crippen LogP contribution in [-0.2, 0) is 9.47 Å². The van der Waals surface area contributed by atoms with Gasteiger partial charge in [-0.3, -0.25) is 0 Å². The van der Waals surface area contributed by atoms with E-state index in [4.69, 9.17) is 18.9 Å². The smallest absolute Gasteiger partial charge is 0.173 e. The Balaban J connectivity index is 2.69. The summed E-state index contributed by atoms with van der Waals surface area (Å²) >= 11 is 0. The first-order valence-corrected chi connectivity index (χ1v) is 5.85. The molecule has 0 aromatic heterocycles. The minimum atomic E-state index is -0.275. The van der Waals surface area contributed by atoms with E-state index in [2.05, 4.69) is 5.32 Å². The molecule has 0 unspecified atom stereocenters. The van der Waals surface area contributed by atoms with Crippen LogP contribution in [0.2, 0.25) is 0 Å². The van der Waals surface area contributed by atoms with Crippen molar-refractivity contribution in [3.63, 3.8) is 0 Å². The number of hydrogen-bond acceptors (Lipinski definition) is 5. The first-order chi connectivity index (χ1) is 8.74. The van der Waals surface area contributed by atoms with E-state index >= 15 is 0 Å². The molecule has 5 heteroatoms. The van der Waals surface area contributed by atoms with E-state index < -0.39 is 0 Å². The molecule has 0 aliphatic carbocycles. The monoisotopic (exact) mass is 255 g/mol. The Hall–Kier alpha value is -1.46. The van der Waals surface area contributed by atoms with Crippen LogP contribution < -0.4 is 14.8 Å². The highest BCUT2D eigenvalue weighted by Gasteiger charge is 2.07. The van der Waals surface area contributed by atoms with Gasteiger partial charge in [-0.15, -0.1) is 0 Å². The van der Waals surface area contributed by atoms with Gasteiger partial charge in [0.2, 0.25) is 0 Å². The first-order valence-electron chi connectivity index (χ1n) is 5.85. The van der Waals surface area contributed by atoms with E-state index in [-0.39, 0.29) is 6.29 Å². The van der Waals surface area contributed by atoms with E-state index in [0.717, 1.165) is 17.2 Å². The van der Waals surface area contributed by atoms with Crippen molar-refractivity contribution in [3.8, 4) is 11.5 Å². The molecule has 18 heavy (non-hydrogen) atoms. The molecule has 0 aliphatic rings. The summed E-state index contributed by atoms with van der Waals surface area (Å²) in [5, 5.41) is 3.21. The second kappa shape index (κ2) is 7.79. The topological polar surface area (TPSA) is 49.0 Å². The summed E-state index contributed by atoms with van der Waals surface area (Å²) in [6.07, 6.45) is -0.275. The van der Waals surface area contributed by atoms with Gasteiger partial charge in [0.15, 0.2) is 17.8 Å². The Kier molecular flexibility index (Phi) is 6.32. The van der Waals surface area contributed by atoms with Crippen molar-refractivity contribution in [2.24, 2.45) is 0 Å². The molecule has 1 rings (SSSR count). The molecule has 102 valence electrons. The van der Waals surface area contributed by atoms with Crippen LogP contribution in [0.5, 0.6) is 11.5 Å². The zero-order valence-corrected chi connectivity index (χ0v) is 11.4. The SMILES string of the molecule is CCOc1cc(NCC(OC)OC)ccc1OC. The number of methoxy groups -OCH3 is 3. The molecule has 1 aromatic rings. The summed E-state index contributed by atoms with van der Waals surface area (Å²) in [7, 11) is 4.84. The minimum absolute atomic E-state index is 0.275. The number of rotatable bonds is 8. The Labute approximate surface area is 108 Å². The van der Waals surface area contributed by atoms with Crippen molar-refractivity contribution in [2.45, 2.75) is 13.2 Å². The molecule has 0 saturated carbocycles. The van der Waals surface area contributed by atoms with Crippen LogP contribution in [0.1, 0.15) is 6.92 Å². The van der Waals surface area contributed by atoms with Crippen molar-refractivity contribution in [2.75, 3.05) is 39.8 Å². The maximum atomic E-state index is 5.50. The molecule has 1 N–H and O–H groups in total. The Morgan fingerprint density at radius 1 is 1.11 bits per heavy atom. The lowest BCUT2D eigenvalue weighted by molar-refractivity contribution is -0.0914. The van der Waals surface area contributed by atoms with Gasteiger partial charge in [0.25, 0.3) is 0 Å². The summed E-state index contributed by atoms with van der Waals surface area (Å²) in [4.78, 5) is 0. The van der Waals surface area contributed by atoms with Gasteiger partial charge in [-0.05, 0) is 19.1 Å². The lowest BCUT2D eigenvalue weighted by Crippen LogP contribution is -2.23. The van der Waals surface area contributed by atoms with Gasteiger partial charge in [-0.2, -0.15) is 0 Å². The predicted octanol–water partition coefficient (Wildman–Crippen LogP) is 2.12. The molecule has 0 fully saturated rings. The van der Waals surface area contributed by atoms with Crippen molar-refractivity contribution < 1.29 is 18.9 Å². The van der Waals surface area contributed by atoms with Gasteiger partial charge < -0.3 is 24.3 Å². The Morgan fingerprint density at radius 2 is 1.83 bits per heavy atom. The number of anilines is 1. The molecule has 0 spiro atoms. The fraction of sp³-hybridized carbons (Fsp3) is 0.538. The average Bonchev–Trinajstić information content (AvgIpc) is 2.40. The quantitative estimate of drug-likeness (QED) is 0.721. The normalized spacial score (nSPS) is 10.5. The number of hydrogen-bond donors (Lipinski definition) is 1. The summed E-state index contributed by atoms with van der Waals surface area (Å²) in [6.45, 7) is 3.09. The van der Waals surface area contributed by atoms with E-state index in [1.54, 1.807) is 21.3 Å². The molecule has 0 bridgehead atoms. The second-order valence-corrected chi connectivity index (χ2v) is 3.58. The number of nitrogens with one attached hydrogen (secondary N) is 1. The fourth-order valence-corrected chi connectivity index (χ4v) is 1.52. The molecule has 0 heterocycles. The molecule has 1 aromatic carbocycles. The summed E-state index contributed by atoms with van der Waals surface area (Å²) in [5.74, 6) is 1.44. The highest BCUT2D eigenvalue weighted by atomic mass is 16.7. The van der Waals surface area contributed by atoms with E-state index in [9.17, 15) is 0 Å². The number of ether oxygens (including phenoxy) is 4. The molecule has 0 atom stereocenters. The highest BCUT2D eigenvalue weighted by molar-refractivity contribution is 5.54. The molecule has 0 amide bonds. The second-order valence-electron chi connectivity index (χ2n) is 3.58. The molecule has 5 nitrogen and oxygen atoms in total. The largest absolute Gasteiger partial charge is 0.493 e. The van der Waals surface area contributed by atoms with Crippen LogP contribution in [-0.4, -0.2) is 40.8 Å². The Morgan fingerprint density at radius 3 is 2.39 bits per heavy atom. The van der Waals surface area contributed by atoms with E-state index in [0.29, 0.717) is 13.2 Å². The maximum Gasteiger partial charge on any atom is 0.173 e. The van der Waals surface area contributed by atoms with E-state index in [1.807, 2.05) is 25.1 Å². The van der Waals surface area contributed by atoms with Gasteiger partial charge >= 0.3 is 0 Å². The van der Waals surface area contributed by atoms with Crippen molar-refractivity contribution in [1.29, 1.82) is 0 Å². The summed E-state index contributed by atoms with van der Waals surface area (Å²) in [6, 6.07) is 5.68. The van der Waals surface area contributed by atoms with Crippen LogP contribution in [0.25, 0.3) is 0 Å². The first kappa shape index (κ1) is 14.6. The van der Waals surface area contributed by atoms with Crippen LogP contribution >= 0.6 is 0 Å². The zero-order chi connectivity index (χ0) is 13.4. The van der Waals surface area contributed by atoms with Gasteiger partial charge in [-0.25, -0.2) is 0 Å². The van der Waals surface area contributed by atoms with Crippen LogP contribution in [0.15, 0.2) is 18.2 Å². The maximum absolute atomic E-state index is 5.50. The minimum Gasteiger partial charge on any atom is -0.493 e. The van der Waals surface area contributed by atoms with Crippen LogP contribution in [0.4, 0.5) is 5.69 Å². The lowest BCUT2D eigenvalue weighted by Gasteiger charge is -2.16. The molecule has 0 radical (unpaired) electrons. The van der Waals surface area contributed by atoms with Crippen molar-refractivity contribution in [1.82, 2.24) is 0 Å². The molecule has 0 aliphatic heterocycles. The standard InChI is InChI=1S/C13H21NO4/c1-5-18-12-8-10(6-7-11(12)15-2)14-9-13(16-3)17-4/h6-8,13-14H,5,9H2,1-4H3. The fourth-order valence-electron chi connectivity index (χ4n) is 1.52. The van der Waals surface area contributed by atoms with Crippen molar-refractivity contribution >= 4 is 5.69 Å². The van der Waals surface area contributed by atoms with Gasteiger partial charge in [0.1, 0.15) is 0 Å². The average molecular weight is 255 g/mol. The number of benzene rings is 1. The Bertz CT molecular complexity index is 353. The van der Waals surface area contributed by atoms with Gasteiger partial charge in [0, 0.05) is 26.0 Å². The van der Waals surface area contributed by atoms with Crippen LogP contribution in [0, 0.1) is 0 Å². The van der Waals surface area contributed by atoms with Crippen molar-refractivity contribution in [3.05, 3.63) is 18.2 Å². The van der Waals surface area contributed by atoms with Gasteiger partial charge in [0.05, 0.1) is 20.3 Å². The van der Waals surface area contributed by atoms with Gasteiger partial charge in [-0.1, -0.05) is 0 Å². The van der Waals surface area contributed by atoms with E-state index in [1.165, 1.54) is 0 Å². The highest BCUT2D eigenvalue weighted by Crippen LogP contribution is 2.30. The third-order valence-corrected chi connectivity index (χ3v) is 2.46. The molecule has 0 saturated heterocycles. The lowest BCUT2D eigenvalue weighted by atomic mass is 10.2. The predicted molar refractivity (Wildman–Crippen MR) is 70.5 cm³/mol. The molecular weight excluding hydrogens is 234 g/mol. The van der Waals surface area contributed by atoms with Crippen LogP contribution in [0.3, 0.4) is 0 Å². The molecular formula is C13H21NO4. The zero-order valence-electron chi connectivity index (χ0n) is 11.4. The summed E-state index contributed by atoms with van der Waals surface area (Å²) in [5.41, 5.74) is 0.929. The third-order valence-electron chi connectivity index (χ3n) is 2.46. The summed E-state index contributed by atoms with van der Waals surface area (Å²) < 4.78 is 20.9. The third kappa shape index (κ3) is 4.09.